The Balaban J connectivity index is 1.73. The highest BCUT2D eigenvalue weighted by Gasteiger charge is 2.31. The lowest BCUT2D eigenvalue weighted by Gasteiger charge is -2.36. The molecule has 26 heavy (non-hydrogen) atoms. The molecule has 0 bridgehead atoms. The third-order valence-electron chi connectivity index (χ3n) is 4.50. The number of carbonyl (C=O) groups excluding carboxylic acids is 1. The van der Waals surface area contributed by atoms with E-state index in [4.69, 9.17) is 0 Å². The van der Waals surface area contributed by atoms with Gasteiger partial charge in [-0.3, -0.25) is 20.0 Å². The van der Waals surface area contributed by atoms with Crippen LogP contribution in [0.3, 0.4) is 0 Å². The van der Waals surface area contributed by atoms with Crippen LogP contribution in [0, 0.1) is 10.1 Å². The van der Waals surface area contributed by atoms with Gasteiger partial charge in [0.1, 0.15) is 6.17 Å². The summed E-state index contributed by atoms with van der Waals surface area (Å²) >= 11 is 0. The number of nitrogens with zero attached hydrogens (tertiary/aromatic N) is 3. The van der Waals surface area contributed by atoms with E-state index in [9.17, 15) is 14.9 Å². The summed E-state index contributed by atoms with van der Waals surface area (Å²) in [5.74, 6) is -0.153. The molecule has 1 aliphatic heterocycles. The average molecular weight is 349 g/mol. The van der Waals surface area contributed by atoms with Gasteiger partial charge in [-0.05, 0) is 24.3 Å². The molecule has 2 heterocycles. The van der Waals surface area contributed by atoms with Gasteiger partial charge in [-0.25, -0.2) is 0 Å². The van der Waals surface area contributed by atoms with Gasteiger partial charge in [0.15, 0.2) is 0 Å². The summed E-state index contributed by atoms with van der Waals surface area (Å²) in [4.78, 5) is 24.8. The number of aromatic amines is 1. The summed E-state index contributed by atoms with van der Waals surface area (Å²) in [7, 11) is 1.90. The number of anilines is 1. The van der Waals surface area contributed by atoms with E-state index in [-0.39, 0.29) is 11.6 Å². The molecule has 8 heteroatoms. The van der Waals surface area contributed by atoms with Gasteiger partial charge < -0.3 is 10.2 Å². The molecule has 1 aliphatic rings. The quantitative estimate of drug-likeness (QED) is 0.559. The second-order valence-electron chi connectivity index (χ2n) is 6.00. The molecule has 0 saturated carbocycles. The minimum atomic E-state index is -0.443. The fourth-order valence-electron chi connectivity index (χ4n) is 3.18. The molecule has 1 aromatic heterocycles. The smallest absolute Gasteiger partial charge is 0.269 e. The van der Waals surface area contributed by atoms with Crippen molar-refractivity contribution in [1.29, 1.82) is 0 Å². The molecule has 4 rings (SSSR count). The van der Waals surface area contributed by atoms with Gasteiger partial charge in [-0.1, -0.05) is 12.1 Å². The number of aromatic nitrogens is 2. The number of para-hydroxylation sites is 1. The summed E-state index contributed by atoms with van der Waals surface area (Å²) in [6, 6.07) is 13.6. The first-order chi connectivity index (χ1) is 12.6. The van der Waals surface area contributed by atoms with E-state index in [1.165, 1.54) is 12.1 Å². The SMILES string of the molecule is CN1c2ccccc2C(=O)NC1c1c[nH]nc1-c1ccc([N+](=O)[O-])cc1. The predicted octanol–water partition coefficient (Wildman–Crippen LogP) is 2.86. The molecule has 3 aromatic rings. The number of fused-ring (bicyclic) bond motifs is 1. The summed E-state index contributed by atoms with van der Waals surface area (Å²) in [5, 5.41) is 20.9. The van der Waals surface area contributed by atoms with E-state index in [0.717, 1.165) is 16.8 Å². The maximum absolute atomic E-state index is 12.5. The van der Waals surface area contributed by atoms with Crippen molar-refractivity contribution in [3.8, 4) is 11.3 Å². The van der Waals surface area contributed by atoms with Crippen LogP contribution in [-0.2, 0) is 0 Å². The van der Waals surface area contributed by atoms with Crippen molar-refractivity contribution in [2.75, 3.05) is 11.9 Å². The number of amides is 1. The lowest BCUT2D eigenvalue weighted by Crippen LogP contribution is -2.44. The number of nitrogens with one attached hydrogen (secondary N) is 2. The largest absolute Gasteiger partial charge is 0.350 e. The molecule has 8 nitrogen and oxygen atoms in total. The van der Waals surface area contributed by atoms with Crippen molar-refractivity contribution in [2.24, 2.45) is 0 Å². The number of nitro benzene ring substituents is 1. The van der Waals surface area contributed by atoms with Gasteiger partial charge in [0, 0.05) is 36.5 Å². The Morgan fingerprint density at radius 2 is 1.88 bits per heavy atom. The Labute approximate surface area is 148 Å². The van der Waals surface area contributed by atoms with E-state index in [0.29, 0.717) is 11.3 Å². The number of H-pyrrole nitrogens is 1. The maximum Gasteiger partial charge on any atom is 0.269 e. The lowest BCUT2D eigenvalue weighted by atomic mass is 10.0. The molecule has 2 N–H and O–H groups in total. The molecule has 0 aliphatic carbocycles. The van der Waals surface area contributed by atoms with Crippen LogP contribution in [0.2, 0.25) is 0 Å². The minimum Gasteiger partial charge on any atom is -0.350 e. The number of non-ortho nitro benzene ring substituents is 1. The number of nitro groups is 1. The third kappa shape index (κ3) is 2.48. The Morgan fingerprint density at radius 1 is 1.15 bits per heavy atom. The number of benzene rings is 2. The Bertz CT molecular complexity index is 996. The molecule has 0 spiro atoms. The average Bonchev–Trinajstić information content (AvgIpc) is 3.14. The minimum absolute atomic E-state index is 0.0165. The normalized spacial score (nSPS) is 16.1. The van der Waals surface area contributed by atoms with Crippen LogP contribution in [0.4, 0.5) is 11.4 Å². The van der Waals surface area contributed by atoms with Crippen LogP contribution in [-0.4, -0.2) is 28.1 Å². The van der Waals surface area contributed by atoms with Crippen molar-refractivity contribution in [1.82, 2.24) is 15.5 Å². The standard InChI is InChI=1S/C18H15N5O3/c1-22-15-5-3-2-4-13(15)18(24)20-17(22)14-10-19-21-16(14)11-6-8-12(9-7-11)23(25)26/h2-10,17H,1H3,(H,19,21)(H,20,24). The first kappa shape index (κ1) is 15.8. The number of hydrogen-bond acceptors (Lipinski definition) is 5. The predicted molar refractivity (Wildman–Crippen MR) is 95.7 cm³/mol. The first-order valence-corrected chi connectivity index (χ1v) is 7.97. The van der Waals surface area contributed by atoms with Gasteiger partial charge in [0.2, 0.25) is 0 Å². The van der Waals surface area contributed by atoms with Gasteiger partial charge in [-0.2, -0.15) is 5.10 Å². The molecule has 0 fully saturated rings. The number of carbonyl (C=O) groups is 1. The molecule has 0 radical (unpaired) electrons. The van der Waals surface area contributed by atoms with Crippen molar-refractivity contribution < 1.29 is 9.72 Å². The highest BCUT2D eigenvalue weighted by Crippen LogP contribution is 2.35. The van der Waals surface area contributed by atoms with Crippen LogP contribution < -0.4 is 10.2 Å². The fraction of sp³-hybridized carbons (Fsp3) is 0.111. The van der Waals surface area contributed by atoms with Crippen LogP contribution >= 0.6 is 0 Å². The summed E-state index contributed by atoms with van der Waals surface area (Å²) < 4.78 is 0. The Morgan fingerprint density at radius 3 is 2.62 bits per heavy atom. The molecule has 1 unspecified atom stereocenters. The van der Waals surface area contributed by atoms with E-state index >= 15 is 0 Å². The van der Waals surface area contributed by atoms with Crippen molar-refractivity contribution >= 4 is 17.3 Å². The molecule has 2 aromatic carbocycles. The fourth-order valence-corrected chi connectivity index (χ4v) is 3.18. The van der Waals surface area contributed by atoms with Crippen molar-refractivity contribution in [2.45, 2.75) is 6.17 Å². The zero-order chi connectivity index (χ0) is 18.3. The van der Waals surface area contributed by atoms with E-state index in [2.05, 4.69) is 15.5 Å². The summed E-state index contributed by atoms with van der Waals surface area (Å²) in [5.41, 5.74) is 3.61. The van der Waals surface area contributed by atoms with Crippen LogP contribution in [0.1, 0.15) is 22.1 Å². The first-order valence-electron chi connectivity index (χ1n) is 7.97. The Hall–Kier alpha value is -3.68. The second kappa shape index (κ2) is 5.99. The second-order valence-corrected chi connectivity index (χ2v) is 6.00. The van der Waals surface area contributed by atoms with Crippen LogP contribution in [0.5, 0.6) is 0 Å². The van der Waals surface area contributed by atoms with Crippen LogP contribution in [0.15, 0.2) is 54.7 Å². The molecular weight excluding hydrogens is 334 g/mol. The topological polar surface area (TPSA) is 104 Å². The van der Waals surface area contributed by atoms with Gasteiger partial charge >= 0.3 is 0 Å². The van der Waals surface area contributed by atoms with Gasteiger partial charge in [0.05, 0.1) is 21.9 Å². The van der Waals surface area contributed by atoms with E-state index in [1.54, 1.807) is 24.4 Å². The summed E-state index contributed by atoms with van der Waals surface area (Å²) in [6.07, 6.45) is 1.33. The van der Waals surface area contributed by atoms with Gasteiger partial charge in [-0.15, -0.1) is 0 Å². The monoisotopic (exact) mass is 349 g/mol. The maximum atomic E-state index is 12.5. The lowest BCUT2D eigenvalue weighted by molar-refractivity contribution is -0.384. The van der Waals surface area contributed by atoms with Crippen LogP contribution in [0.25, 0.3) is 11.3 Å². The zero-order valence-corrected chi connectivity index (χ0v) is 13.8. The van der Waals surface area contributed by atoms with Crippen molar-refractivity contribution in [3.63, 3.8) is 0 Å². The molecule has 1 amide bonds. The number of rotatable bonds is 3. The Kier molecular flexibility index (Phi) is 3.65. The highest BCUT2D eigenvalue weighted by molar-refractivity contribution is 6.02. The number of hydrogen-bond donors (Lipinski definition) is 2. The summed E-state index contributed by atoms with van der Waals surface area (Å²) in [6.45, 7) is 0. The molecular formula is C18H15N5O3. The van der Waals surface area contributed by atoms with Gasteiger partial charge in [0.25, 0.3) is 11.6 Å². The molecule has 130 valence electrons. The molecule has 1 atom stereocenters. The van der Waals surface area contributed by atoms with Crippen molar-refractivity contribution in [3.05, 3.63) is 76.0 Å². The third-order valence-corrected chi connectivity index (χ3v) is 4.50. The highest BCUT2D eigenvalue weighted by atomic mass is 16.6. The zero-order valence-electron chi connectivity index (χ0n) is 13.8. The van der Waals surface area contributed by atoms with E-state index in [1.807, 2.05) is 30.1 Å². The van der Waals surface area contributed by atoms with E-state index < -0.39 is 11.1 Å². The molecule has 0 saturated heterocycles.